The fourth-order valence-corrected chi connectivity index (χ4v) is 3.63. The maximum atomic E-state index is 12.2. The minimum atomic E-state index is -3.51. The lowest BCUT2D eigenvalue weighted by molar-refractivity contribution is -0.116. The van der Waals surface area contributed by atoms with Crippen molar-refractivity contribution in [2.24, 2.45) is 0 Å². The number of hydrogen-bond donors (Lipinski definition) is 1. The van der Waals surface area contributed by atoms with E-state index in [2.05, 4.69) is 5.32 Å². The van der Waals surface area contributed by atoms with Crippen LogP contribution in [0.1, 0.15) is 30.1 Å². The van der Waals surface area contributed by atoms with E-state index in [9.17, 15) is 18.0 Å². The molecule has 0 radical (unpaired) electrons. The third kappa shape index (κ3) is 6.09. The zero-order chi connectivity index (χ0) is 20.7. The SMILES string of the molecule is COc1cccc(N(CCCC(=O)Nc2cccc(C(C)=O)c2)S(C)(=O)=O)c1. The summed E-state index contributed by atoms with van der Waals surface area (Å²) in [7, 11) is -2.00. The first kappa shape index (κ1) is 21.4. The number of hydrogen-bond acceptors (Lipinski definition) is 5. The zero-order valence-electron chi connectivity index (χ0n) is 16.1. The van der Waals surface area contributed by atoms with Crippen LogP contribution in [0, 0.1) is 0 Å². The van der Waals surface area contributed by atoms with E-state index in [1.54, 1.807) is 48.5 Å². The minimum Gasteiger partial charge on any atom is -0.497 e. The topological polar surface area (TPSA) is 92.8 Å². The molecule has 0 unspecified atom stereocenters. The fourth-order valence-electron chi connectivity index (χ4n) is 2.67. The molecule has 2 rings (SSSR count). The molecule has 7 nitrogen and oxygen atoms in total. The number of methoxy groups -OCH3 is 1. The van der Waals surface area contributed by atoms with Gasteiger partial charge in [0, 0.05) is 30.3 Å². The second-order valence-corrected chi connectivity index (χ2v) is 8.23. The predicted molar refractivity (Wildman–Crippen MR) is 109 cm³/mol. The lowest BCUT2D eigenvalue weighted by atomic mass is 10.1. The summed E-state index contributed by atoms with van der Waals surface area (Å²) in [5, 5.41) is 2.73. The smallest absolute Gasteiger partial charge is 0.232 e. The quantitative estimate of drug-likeness (QED) is 0.649. The Bertz CT molecular complexity index is 957. The molecule has 2 aromatic rings. The van der Waals surface area contributed by atoms with Crippen molar-refractivity contribution in [1.29, 1.82) is 0 Å². The molecule has 0 bridgehead atoms. The number of anilines is 2. The van der Waals surface area contributed by atoms with Gasteiger partial charge < -0.3 is 10.1 Å². The standard InChI is InChI=1S/C20H24N2O5S/c1-15(23)16-7-4-8-17(13-16)21-20(24)11-6-12-22(28(3,25)26)18-9-5-10-19(14-18)27-2/h4-5,7-10,13-14H,6,11-12H2,1-3H3,(H,21,24). The van der Waals surface area contributed by atoms with Gasteiger partial charge in [-0.15, -0.1) is 0 Å². The van der Waals surface area contributed by atoms with Crippen LogP contribution in [0.3, 0.4) is 0 Å². The highest BCUT2D eigenvalue weighted by molar-refractivity contribution is 7.92. The van der Waals surface area contributed by atoms with Gasteiger partial charge in [0.2, 0.25) is 15.9 Å². The van der Waals surface area contributed by atoms with Crippen LogP contribution < -0.4 is 14.4 Å². The third-order valence-electron chi connectivity index (χ3n) is 4.06. The van der Waals surface area contributed by atoms with Crippen molar-refractivity contribution in [2.75, 3.05) is 29.5 Å². The lowest BCUT2D eigenvalue weighted by Gasteiger charge is -2.22. The summed E-state index contributed by atoms with van der Waals surface area (Å²) < 4.78 is 30.7. The molecule has 0 aromatic heterocycles. The van der Waals surface area contributed by atoms with Crippen LogP contribution in [0.4, 0.5) is 11.4 Å². The summed E-state index contributed by atoms with van der Waals surface area (Å²) in [6, 6.07) is 13.4. The van der Waals surface area contributed by atoms with E-state index in [-0.39, 0.29) is 24.7 Å². The van der Waals surface area contributed by atoms with Gasteiger partial charge in [-0.05, 0) is 37.6 Å². The Morgan fingerprint density at radius 1 is 1.11 bits per heavy atom. The van der Waals surface area contributed by atoms with Crippen LogP contribution in [0.15, 0.2) is 48.5 Å². The number of rotatable bonds is 9. The van der Waals surface area contributed by atoms with Crippen molar-refractivity contribution in [2.45, 2.75) is 19.8 Å². The molecule has 1 amide bonds. The van der Waals surface area contributed by atoms with Gasteiger partial charge in [0.1, 0.15) is 5.75 Å². The molecule has 0 aliphatic heterocycles. The lowest BCUT2D eigenvalue weighted by Crippen LogP contribution is -2.31. The van der Waals surface area contributed by atoms with Crippen molar-refractivity contribution in [1.82, 2.24) is 0 Å². The summed E-state index contributed by atoms with van der Waals surface area (Å²) in [4.78, 5) is 23.6. The molecule has 0 fully saturated rings. The van der Waals surface area contributed by atoms with Crippen LogP contribution in [-0.4, -0.2) is 40.0 Å². The second kappa shape index (κ2) is 9.36. The molecule has 150 valence electrons. The third-order valence-corrected chi connectivity index (χ3v) is 5.25. The Morgan fingerprint density at radius 2 is 1.82 bits per heavy atom. The number of carbonyl (C=O) groups is 2. The maximum Gasteiger partial charge on any atom is 0.232 e. The van der Waals surface area contributed by atoms with E-state index in [1.807, 2.05) is 0 Å². The molecule has 0 atom stereocenters. The zero-order valence-corrected chi connectivity index (χ0v) is 17.0. The highest BCUT2D eigenvalue weighted by Gasteiger charge is 2.18. The van der Waals surface area contributed by atoms with Crippen molar-refractivity contribution in [3.63, 3.8) is 0 Å². The van der Waals surface area contributed by atoms with Gasteiger partial charge in [-0.3, -0.25) is 13.9 Å². The summed E-state index contributed by atoms with van der Waals surface area (Å²) in [5.74, 6) is 0.215. The van der Waals surface area contributed by atoms with Gasteiger partial charge >= 0.3 is 0 Å². The molecule has 8 heteroatoms. The van der Waals surface area contributed by atoms with Crippen molar-refractivity contribution >= 4 is 33.1 Å². The van der Waals surface area contributed by atoms with Gasteiger partial charge in [0.15, 0.2) is 5.78 Å². The minimum absolute atomic E-state index is 0.0850. The molecular weight excluding hydrogens is 380 g/mol. The van der Waals surface area contributed by atoms with E-state index >= 15 is 0 Å². The van der Waals surface area contributed by atoms with E-state index < -0.39 is 10.0 Å². The van der Waals surface area contributed by atoms with Crippen LogP contribution in [0.5, 0.6) is 5.75 Å². The summed E-state index contributed by atoms with van der Waals surface area (Å²) in [5.41, 5.74) is 1.53. The molecule has 0 spiro atoms. The molecule has 0 aliphatic carbocycles. The van der Waals surface area contributed by atoms with E-state index in [1.165, 1.54) is 18.3 Å². The number of amides is 1. The Labute approximate surface area is 165 Å². The number of nitrogens with zero attached hydrogens (tertiary/aromatic N) is 1. The Hall–Kier alpha value is -2.87. The van der Waals surface area contributed by atoms with Crippen molar-refractivity contribution in [3.8, 4) is 5.75 Å². The van der Waals surface area contributed by atoms with Gasteiger partial charge in [-0.1, -0.05) is 18.2 Å². The van der Waals surface area contributed by atoms with Crippen LogP contribution in [-0.2, 0) is 14.8 Å². The average molecular weight is 404 g/mol. The van der Waals surface area contributed by atoms with Gasteiger partial charge in [0.25, 0.3) is 0 Å². The van der Waals surface area contributed by atoms with E-state index in [4.69, 9.17) is 4.74 Å². The molecule has 0 saturated heterocycles. The summed E-state index contributed by atoms with van der Waals surface area (Å²) >= 11 is 0. The number of sulfonamides is 1. The first-order valence-corrected chi connectivity index (χ1v) is 10.6. The second-order valence-electron chi connectivity index (χ2n) is 6.33. The summed E-state index contributed by atoms with van der Waals surface area (Å²) in [6.07, 6.45) is 1.60. The van der Waals surface area contributed by atoms with E-state index in [0.717, 1.165) is 6.26 Å². The number of benzene rings is 2. The molecule has 28 heavy (non-hydrogen) atoms. The summed E-state index contributed by atoms with van der Waals surface area (Å²) in [6.45, 7) is 1.62. The van der Waals surface area contributed by atoms with Crippen molar-refractivity contribution in [3.05, 3.63) is 54.1 Å². The first-order chi connectivity index (χ1) is 13.2. The maximum absolute atomic E-state index is 12.2. The van der Waals surface area contributed by atoms with E-state index in [0.29, 0.717) is 29.1 Å². The highest BCUT2D eigenvalue weighted by Crippen LogP contribution is 2.23. The Morgan fingerprint density at radius 3 is 2.46 bits per heavy atom. The number of ketones is 1. The number of Topliss-reactive ketones (excluding diaryl/α,β-unsaturated/α-hetero) is 1. The first-order valence-electron chi connectivity index (χ1n) is 8.73. The molecule has 1 N–H and O–H groups in total. The largest absolute Gasteiger partial charge is 0.497 e. The highest BCUT2D eigenvalue weighted by atomic mass is 32.2. The van der Waals surface area contributed by atoms with Crippen LogP contribution in [0.25, 0.3) is 0 Å². The Balaban J connectivity index is 1.99. The number of nitrogens with one attached hydrogen (secondary N) is 1. The molecule has 0 aliphatic rings. The molecular formula is C20H24N2O5S. The molecule has 0 saturated carbocycles. The van der Waals surface area contributed by atoms with Gasteiger partial charge in [-0.25, -0.2) is 8.42 Å². The molecule has 2 aromatic carbocycles. The number of carbonyl (C=O) groups excluding carboxylic acids is 2. The molecule has 0 heterocycles. The van der Waals surface area contributed by atoms with Crippen LogP contribution in [0.2, 0.25) is 0 Å². The van der Waals surface area contributed by atoms with Crippen molar-refractivity contribution < 1.29 is 22.7 Å². The predicted octanol–water partition coefficient (Wildman–Crippen LogP) is 3.08. The normalized spacial score (nSPS) is 11.0. The number of ether oxygens (including phenoxy) is 1. The van der Waals surface area contributed by atoms with Crippen LogP contribution >= 0.6 is 0 Å². The fraction of sp³-hybridized carbons (Fsp3) is 0.300. The average Bonchev–Trinajstić information content (AvgIpc) is 2.64. The monoisotopic (exact) mass is 404 g/mol. The van der Waals surface area contributed by atoms with Gasteiger partial charge in [0.05, 0.1) is 19.1 Å². The van der Waals surface area contributed by atoms with Gasteiger partial charge in [-0.2, -0.15) is 0 Å². The Kier molecular flexibility index (Phi) is 7.17.